The minimum atomic E-state index is -0.0424. The Morgan fingerprint density at radius 3 is 2.88 bits per heavy atom. The zero-order valence-corrected chi connectivity index (χ0v) is 14.9. The fourth-order valence-electron chi connectivity index (χ4n) is 3.07. The van der Waals surface area contributed by atoms with E-state index in [1.165, 1.54) is 4.90 Å². The number of thioether (sulfide) groups is 1. The van der Waals surface area contributed by atoms with E-state index in [1.807, 2.05) is 35.4 Å². The number of aryl methyl sites for hydroxylation is 1. The van der Waals surface area contributed by atoms with Gasteiger partial charge in [-0.2, -0.15) is 0 Å². The van der Waals surface area contributed by atoms with Crippen LogP contribution in [0.4, 0.5) is 10.5 Å². The molecule has 0 unspecified atom stereocenters. The lowest BCUT2D eigenvalue weighted by atomic mass is 9.97. The molecule has 2 amide bonds. The number of likely N-dealkylation sites (tertiary alicyclic amines) is 1. The lowest BCUT2D eigenvalue weighted by molar-refractivity contribution is 0.190. The van der Waals surface area contributed by atoms with Crippen LogP contribution in [0.3, 0.4) is 0 Å². The van der Waals surface area contributed by atoms with Crippen LogP contribution in [0.15, 0.2) is 35.5 Å². The Kier molecular flexibility index (Phi) is 5.40. The summed E-state index contributed by atoms with van der Waals surface area (Å²) < 4.78 is 2.06. The molecule has 1 saturated heterocycles. The van der Waals surface area contributed by atoms with Gasteiger partial charge >= 0.3 is 6.03 Å². The predicted octanol–water partition coefficient (Wildman–Crippen LogP) is 3.43. The molecule has 3 rings (SSSR count). The second-order valence-corrected chi connectivity index (χ2v) is 6.80. The van der Waals surface area contributed by atoms with Gasteiger partial charge in [0.25, 0.3) is 0 Å². The van der Waals surface area contributed by atoms with E-state index >= 15 is 0 Å². The van der Waals surface area contributed by atoms with Gasteiger partial charge in [-0.25, -0.2) is 4.79 Å². The van der Waals surface area contributed by atoms with Crippen LogP contribution in [-0.2, 0) is 6.54 Å². The minimum absolute atomic E-state index is 0.0424. The number of nitrogens with one attached hydrogen (secondary N) is 1. The van der Waals surface area contributed by atoms with E-state index in [0.717, 1.165) is 37.4 Å². The number of carbonyl (C=O) groups excluding carboxylic acids is 1. The van der Waals surface area contributed by atoms with E-state index in [2.05, 4.69) is 27.0 Å². The van der Waals surface area contributed by atoms with Crippen LogP contribution in [-0.4, -0.2) is 45.0 Å². The first-order chi connectivity index (χ1) is 11.7. The molecule has 1 aromatic carbocycles. The first kappa shape index (κ1) is 16.8. The summed E-state index contributed by atoms with van der Waals surface area (Å²) in [5.74, 6) is 1.24. The topological polar surface area (TPSA) is 63.1 Å². The molecule has 0 radical (unpaired) electrons. The molecule has 1 atom stereocenters. The zero-order valence-electron chi connectivity index (χ0n) is 14.1. The van der Waals surface area contributed by atoms with Gasteiger partial charge in [0, 0.05) is 36.1 Å². The molecule has 7 heteroatoms. The number of benzene rings is 1. The molecule has 24 heavy (non-hydrogen) atoms. The molecule has 2 heterocycles. The minimum Gasteiger partial charge on any atom is -0.324 e. The van der Waals surface area contributed by atoms with Crippen LogP contribution >= 0.6 is 11.8 Å². The molecule has 0 saturated carbocycles. The number of piperidine rings is 1. The van der Waals surface area contributed by atoms with Crippen LogP contribution in [0.25, 0.3) is 0 Å². The van der Waals surface area contributed by atoms with Gasteiger partial charge in [-0.05, 0) is 50.3 Å². The van der Waals surface area contributed by atoms with Gasteiger partial charge in [-0.3, -0.25) is 0 Å². The standard InChI is InChI=1S/C17H23N5OS/c1-3-21-12-18-20-16(21)13-5-4-10-22(11-13)17(23)19-14-6-8-15(24-2)9-7-14/h6-9,12-13H,3-5,10-11H2,1-2H3,(H,19,23)/t13-/m0/s1. The third kappa shape index (κ3) is 3.72. The number of urea groups is 1. The van der Waals surface area contributed by atoms with Crippen molar-refractivity contribution >= 4 is 23.5 Å². The molecule has 6 nitrogen and oxygen atoms in total. The van der Waals surface area contributed by atoms with Gasteiger partial charge < -0.3 is 14.8 Å². The molecule has 0 bridgehead atoms. The first-order valence-electron chi connectivity index (χ1n) is 8.29. The SMILES string of the molecule is CCn1cnnc1[C@H]1CCCN(C(=O)Nc2ccc(SC)cc2)C1. The number of nitrogens with zero attached hydrogens (tertiary/aromatic N) is 4. The molecule has 1 aliphatic heterocycles. The Bertz CT molecular complexity index is 685. The van der Waals surface area contributed by atoms with Crippen molar-refractivity contribution in [3.63, 3.8) is 0 Å². The molecule has 1 fully saturated rings. The monoisotopic (exact) mass is 345 g/mol. The van der Waals surface area contributed by atoms with Gasteiger partial charge in [-0.1, -0.05) is 0 Å². The summed E-state index contributed by atoms with van der Waals surface area (Å²) in [7, 11) is 0. The normalized spacial score (nSPS) is 17.8. The van der Waals surface area contributed by atoms with Gasteiger partial charge in [0.15, 0.2) is 0 Å². The Balaban J connectivity index is 1.64. The van der Waals surface area contributed by atoms with E-state index in [9.17, 15) is 4.79 Å². The summed E-state index contributed by atoms with van der Waals surface area (Å²) in [5, 5.41) is 11.3. The molecule has 128 valence electrons. The van der Waals surface area contributed by atoms with Crippen molar-refractivity contribution in [3.05, 3.63) is 36.4 Å². The van der Waals surface area contributed by atoms with Gasteiger partial charge in [0.1, 0.15) is 12.2 Å². The highest BCUT2D eigenvalue weighted by Gasteiger charge is 2.27. The number of rotatable bonds is 4. The van der Waals surface area contributed by atoms with E-state index in [-0.39, 0.29) is 11.9 Å². The molecule has 1 aromatic heterocycles. The van der Waals surface area contributed by atoms with Crippen LogP contribution in [0.1, 0.15) is 31.5 Å². The lowest BCUT2D eigenvalue weighted by Gasteiger charge is -2.32. The number of aromatic nitrogens is 3. The van der Waals surface area contributed by atoms with E-state index in [1.54, 1.807) is 18.1 Å². The fraction of sp³-hybridized carbons (Fsp3) is 0.471. The van der Waals surface area contributed by atoms with Crippen LogP contribution < -0.4 is 5.32 Å². The summed E-state index contributed by atoms with van der Waals surface area (Å²) in [6.07, 6.45) is 5.84. The average Bonchev–Trinajstić information content (AvgIpc) is 3.11. The highest BCUT2D eigenvalue weighted by atomic mass is 32.2. The predicted molar refractivity (Wildman–Crippen MR) is 96.5 cm³/mol. The number of hydrogen-bond donors (Lipinski definition) is 1. The van der Waals surface area contributed by atoms with Crippen molar-refractivity contribution in [2.75, 3.05) is 24.7 Å². The first-order valence-corrected chi connectivity index (χ1v) is 9.51. The maximum Gasteiger partial charge on any atom is 0.321 e. The molecule has 1 N–H and O–H groups in total. The third-order valence-electron chi connectivity index (χ3n) is 4.40. The molecule has 2 aromatic rings. The van der Waals surface area contributed by atoms with E-state index < -0.39 is 0 Å². The Hall–Kier alpha value is -2.02. The smallest absolute Gasteiger partial charge is 0.321 e. The summed E-state index contributed by atoms with van der Waals surface area (Å²) in [6, 6.07) is 7.88. The van der Waals surface area contributed by atoms with Crippen LogP contribution in [0.2, 0.25) is 0 Å². The van der Waals surface area contributed by atoms with Gasteiger partial charge in [-0.15, -0.1) is 22.0 Å². The Labute approximate surface area is 146 Å². The maximum atomic E-state index is 12.6. The quantitative estimate of drug-likeness (QED) is 0.862. The van der Waals surface area contributed by atoms with Crippen molar-refractivity contribution in [3.8, 4) is 0 Å². The molecule has 0 spiro atoms. The van der Waals surface area contributed by atoms with Crippen molar-refractivity contribution in [2.45, 2.75) is 37.1 Å². The summed E-state index contributed by atoms with van der Waals surface area (Å²) in [5.41, 5.74) is 0.830. The number of amides is 2. The van der Waals surface area contributed by atoms with E-state index in [4.69, 9.17) is 0 Å². The maximum absolute atomic E-state index is 12.6. The van der Waals surface area contributed by atoms with Crippen molar-refractivity contribution in [1.29, 1.82) is 0 Å². The highest BCUT2D eigenvalue weighted by molar-refractivity contribution is 7.98. The van der Waals surface area contributed by atoms with Crippen LogP contribution in [0, 0.1) is 0 Å². The molecule has 0 aliphatic carbocycles. The summed E-state index contributed by atoms with van der Waals surface area (Å²) >= 11 is 1.69. The van der Waals surface area contributed by atoms with Gasteiger partial charge in [0.05, 0.1) is 0 Å². The van der Waals surface area contributed by atoms with E-state index in [0.29, 0.717) is 6.54 Å². The second kappa shape index (κ2) is 7.70. The van der Waals surface area contributed by atoms with Crippen molar-refractivity contribution in [2.24, 2.45) is 0 Å². The highest BCUT2D eigenvalue weighted by Crippen LogP contribution is 2.26. The van der Waals surface area contributed by atoms with Crippen molar-refractivity contribution in [1.82, 2.24) is 19.7 Å². The Morgan fingerprint density at radius 1 is 1.38 bits per heavy atom. The number of hydrogen-bond acceptors (Lipinski definition) is 4. The molecule has 1 aliphatic rings. The van der Waals surface area contributed by atoms with Crippen molar-refractivity contribution < 1.29 is 4.79 Å². The van der Waals surface area contributed by atoms with Gasteiger partial charge in [0.2, 0.25) is 0 Å². The second-order valence-electron chi connectivity index (χ2n) is 5.92. The number of carbonyl (C=O) groups is 1. The fourth-order valence-corrected chi connectivity index (χ4v) is 3.48. The third-order valence-corrected chi connectivity index (χ3v) is 5.14. The molecular formula is C17H23N5OS. The van der Waals surface area contributed by atoms with Crippen LogP contribution in [0.5, 0.6) is 0 Å². The Morgan fingerprint density at radius 2 is 2.17 bits per heavy atom. The number of anilines is 1. The average molecular weight is 345 g/mol. The zero-order chi connectivity index (χ0) is 16.9. The molecular weight excluding hydrogens is 322 g/mol. The summed E-state index contributed by atoms with van der Waals surface area (Å²) in [4.78, 5) is 15.6. The largest absolute Gasteiger partial charge is 0.324 e. The summed E-state index contributed by atoms with van der Waals surface area (Å²) in [6.45, 7) is 4.41. The lowest BCUT2D eigenvalue weighted by Crippen LogP contribution is -2.42.